The van der Waals surface area contributed by atoms with Crippen molar-refractivity contribution < 1.29 is 9.59 Å². The van der Waals surface area contributed by atoms with Gasteiger partial charge in [-0.25, -0.2) is 9.78 Å². The molecule has 28 heavy (non-hydrogen) atoms. The van der Waals surface area contributed by atoms with E-state index < -0.39 is 22.7 Å². The summed E-state index contributed by atoms with van der Waals surface area (Å²) in [7, 11) is 0. The van der Waals surface area contributed by atoms with Crippen LogP contribution in [0.1, 0.15) is 38.1 Å². The maximum absolute atomic E-state index is 13.0. The SMILES string of the molecule is C=CCn1c(S[C@H](C)C(=O)NC(=O)NC(C)(C)C)nc2sc(C)c(C)c2c1=O. The molecule has 0 fully saturated rings. The molecule has 0 aliphatic rings. The van der Waals surface area contributed by atoms with Crippen molar-refractivity contribution in [3.8, 4) is 0 Å². The van der Waals surface area contributed by atoms with Crippen LogP contribution in [0.2, 0.25) is 0 Å². The fourth-order valence-corrected chi connectivity index (χ4v) is 4.47. The molecule has 0 aliphatic heterocycles. The first-order chi connectivity index (χ1) is 12.9. The number of fused-ring (bicyclic) bond motifs is 1. The molecule has 0 bridgehead atoms. The van der Waals surface area contributed by atoms with E-state index in [2.05, 4.69) is 22.2 Å². The number of carbonyl (C=O) groups excluding carboxylic acids is 2. The van der Waals surface area contributed by atoms with E-state index in [0.29, 0.717) is 15.4 Å². The van der Waals surface area contributed by atoms with Crippen molar-refractivity contribution in [2.24, 2.45) is 0 Å². The normalized spacial score (nSPS) is 12.6. The molecule has 2 N–H and O–H groups in total. The average molecular weight is 423 g/mol. The summed E-state index contributed by atoms with van der Waals surface area (Å²) in [5, 5.41) is 5.43. The predicted octanol–water partition coefficient (Wildman–Crippen LogP) is 3.37. The van der Waals surface area contributed by atoms with Gasteiger partial charge in [0.25, 0.3) is 5.56 Å². The number of hydrogen-bond donors (Lipinski definition) is 2. The van der Waals surface area contributed by atoms with E-state index in [9.17, 15) is 14.4 Å². The van der Waals surface area contributed by atoms with Crippen molar-refractivity contribution in [3.05, 3.63) is 33.4 Å². The summed E-state index contributed by atoms with van der Waals surface area (Å²) in [6.45, 7) is 15.0. The van der Waals surface area contributed by atoms with Gasteiger partial charge in [-0.1, -0.05) is 17.8 Å². The fourth-order valence-electron chi connectivity index (χ4n) is 2.49. The summed E-state index contributed by atoms with van der Waals surface area (Å²) in [6.07, 6.45) is 1.62. The Bertz CT molecular complexity index is 986. The lowest BCUT2D eigenvalue weighted by Crippen LogP contribution is -2.49. The number of nitrogens with one attached hydrogen (secondary N) is 2. The molecule has 7 nitrogen and oxygen atoms in total. The number of amides is 3. The molecule has 152 valence electrons. The molecule has 0 unspecified atom stereocenters. The number of aromatic nitrogens is 2. The van der Waals surface area contributed by atoms with Gasteiger partial charge in [-0.15, -0.1) is 17.9 Å². The van der Waals surface area contributed by atoms with E-state index in [0.717, 1.165) is 22.2 Å². The number of thiophene rings is 1. The van der Waals surface area contributed by atoms with Crippen molar-refractivity contribution in [3.63, 3.8) is 0 Å². The highest BCUT2D eigenvalue weighted by Crippen LogP contribution is 2.29. The number of thioether (sulfide) groups is 1. The fraction of sp³-hybridized carbons (Fsp3) is 0.474. The summed E-state index contributed by atoms with van der Waals surface area (Å²) in [4.78, 5) is 43.6. The molecule has 2 aromatic heterocycles. The summed E-state index contributed by atoms with van der Waals surface area (Å²) in [5.74, 6) is -0.454. The van der Waals surface area contributed by atoms with Gasteiger partial charge in [-0.3, -0.25) is 19.5 Å². The topological polar surface area (TPSA) is 93.1 Å². The standard InChI is InChI=1S/C19H26N4O3S2/c1-8-9-23-16(25)13-10(2)11(3)27-15(13)21-18(23)28-12(4)14(24)20-17(26)22-19(5,6)7/h8,12H,1,9H2,2-7H3,(H2,20,22,24,26)/t12-/m1/s1. The van der Waals surface area contributed by atoms with Gasteiger partial charge in [0.1, 0.15) is 4.83 Å². The summed E-state index contributed by atoms with van der Waals surface area (Å²) in [5.41, 5.74) is 0.330. The Morgan fingerprint density at radius 2 is 2.00 bits per heavy atom. The first-order valence-corrected chi connectivity index (χ1v) is 10.5. The monoisotopic (exact) mass is 422 g/mol. The van der Waals surface area contributed by atoms with Crippen molar-refractivity contribution >= 4 is 45.3 Å². The minimum Gasteiger partial charge on any atom is -0.333 e. The third-order valence-electron chi connectivity index (χ3n) is 3.94. The molecule has 1 atom stereocenters. The second kappa shape index (κ2) is 8.48. The molecule has 9 heteroatoms. The lowest BCUT2D eigenvalue weighted by Gasteiger charge is -2.21. The van der Waals surface area contributed by atoms with Gasteiger partial charge in [0.2, 0.25) is 5.91 Å². The van der Waals surface area contributed by atoms with Gasteiger partial charge in [0.15, 0.2) is 5.16 Å². The number of nitrogens with zero attached hydrogens (tertiary/aromatic N) is 2. The lowest BCUT2D eigenvalue weighted by molar-refractivity contribution is -0.119. The van der Waals surface area contributed by atoms with Gasteiger partial charge >= 0.3 is 6.03 Å². The van der Waals surface area contributed by atoms with Crippen molar-refractivity contribution in [2.45, 2.75) is 64.0 Å². The molecular weight excluding hydrogens is 396 g/mol. The van der Waals surface area contributed by atoms with Gasteiger partial charge < -0.3 is 5.32 Å². The predicted molar refractivity (Wildman–Crippen MR) is 115 cm³/mol. The number of hydrogen-bond acceptors (Lipinski definition) is 6. The number of rotatable bonds is 5. The Morgan fingerprint density at radius 3 is 2.57 bits per heavy atom. The van der Waals surface area contributed by atoms with Crippen LogP contribution in [0.3, 0.4) is 0 Å². The minimum absolute atomic E-state index is 0.146. The number of aryl methyl sites for hydroxylation is 2. The number of urea groups is 1. The van der Waals surface area contributed by atoms with Crippen LogP contribution in [-0.2, 0) is 11.3 Å². The van der Waals surface area contributed by atoms with E-state index >= 15 is 0 Å². The van der Waals surface area contributed by atoms with Crippen LogP contribution in [0.4, 0.5) is 4.79 Å². The van der Waals surface area contributed by atoms with Gasteiger partial charge in [-0.05, 0) is 47.1 Å². The first-order valence-electron chi connectivity index (χ1n) is 8.85. The Kier molecular flexibility index (Phi) is 6.71. The van der Waals surface area contributed by atoms with Crippen LogP contribution >= 0.6 is 23.1 Å². The van der Waals surface area contributed by atoms with Crippen LogP contribution in [-0.4, -0.2) is 32.3 Å². The molecule has 2 aromatic rings. The highest BCUT2D eigenvalue weighted by atomic mass is 32.2. The molecule has 0 aliphatic carbocycles. The summed E-state index contributed by atoms with van der Waals surface area (Å²) >= 11 is 2.60. The quantitative estimate of drug-likeness (QED) is 0.438. The molecule has 0 spiro atoms. The summed E-state index contributed by atoms with van der Waals surface area (Å²) < 4.78 is 1.51. The zero-order valence-corrected chi connectivity index (χ0v) is 18.6. The van der Waals surface area contributed by atoms with E-state index in [1.165, 1.54) is 15.9 Å². The second-order valence-electron chi connectivity index (χ2n) is 7.52. The molecule has 3 amide bonds. The number of imide groups is 1. The molecule has 0 saturated heterocycles. The third kappa shape index (κ3) is 5.02. The van der Waals surface area contributed by atoms with E-state index in [1.807, 2.05) is 34.6 Å². The van der Waals surface area contributed by atoms with Crippen LogP contribution in [0.15, 0.2) is 22.6 Å². The van der Waals surface area contributed by atoms with Gasteiger partial charge in [0, 0.05) is 17.0 Å². The average Bonchev–Trinajstić information content (AvgIpc) is 2.83. The lowest BCUT2D eigenvalue weighted by atomic mass is 10.1. The minimum atomic E-state index is -0.617. The first kappa shape index (κ1) is 22.2. The van der Waals surface area contributed by atoms with Gasteiger partial charge in [-0.2, -0.15) is 0 Å². The molecule has 0 aromatic carbocycles. The smallest absolute Gasteiger partial charge is 0.321 e. The molecule has 2 rings (SSSR count). The Labute approximate surface area is 172 Å². The maximum atomic E-state index is 13.0. The Hall–Kier alpha value is -2.13. The van der Waals surface area contributed by atoms with Gasteiger partial charge in [0.05, 0.1) is 10.6 Å². The zero-order valence-electron chi connectivity index (χ0n) is 17.0. The van der Waals surface area contributed by atoms with Crippen LogP contribution in [0.5, 0.6) is 0 Å². The molecular formula is C19H26N4O3S2. The second-order valence-corrected chi connectivity index (χ2v) is 10.0. The number of carbonyl (C=O) groups is 2. The third-order valence-corrected chi connectivity index (χ3v) is 6.13. The molecule has 0 saturated carbocycles. The van der Waals surface area contributed by atoms with E-state index in [4.69, 9.17) is 0 Å². The largest absolute Gasteiger partial charge is 0.333 e. The zero-order chi connectivity index (χ0) is 21.2. The maximum Gasteiger partial charge on any atom is 0.321 e. The highest BCUT2D eigenvalue weighted by molar-refractivity contribution is 8.00. The van der Waals surface area contributed by atoms with E-state index in [1.54, 1.807) is 13.0 Å². The van der Waals surface area contributed by atoms with Crippen LogP contribution < -0.4 is 16.2 Å². The Balaban J connectivity index is 2.30. The van der Waals surface area contributed by atoms with E-state index in [-0.39, 0.29) is 12.1 Å². The van der Waals surface area contributed by atoms with Crippen molar-refractivity contribution in [1.82, 2.24) is 20.2 Å². The molecule has 2 heterocycles. The van der Waals surface area contributed by atoms with Crippen LogP contribution in [0, 0.1) is 13.8 Å². The summed E-state index contributed by atoms with van der Waals surface area (Å²) in [6, 6.07) is -0.554. The molecule has 0 radical (unpaired) electrons. The number of allylic oxidation sites excluding steroid dienone is 1. The van der Waals surface area contributed by atoms with Crippen molar-refractivity contribution in [2.75, 3.05) is 0 Å². The highest BCUT2D eigenvalue weighted by Gasteiger charge is 2.23. The van der Waals surface area contributed by atoms with Crippen molar-refractivity contribution in [1.29, 1.82) is 0 Å². The Morgan fingerprint density at radius 1 is 1.36 bits per heavy atom. The van der Waals surface area contributed by atoms with Crippen LogP contribution in [0.25, 0.3) is 10.2 Å².